The molecule has 1 rings (SSSR count). The van der Waals surface area contributed by atoms with Gasteiger partial charge in [0.2, 0.25) is 15.9 Å². The number of thiocarbonyl (C=S) groups is 1. The topological polar surface area (TPSA) is 101 Å². The Hall–Kier alpha value is -1.51. The van der Waals surface area contributed by atoms with Crippen molar-refractivity contribution >= 4 is 38.8 Å². The van der Waals surface area contributed by atoms with Crippen LogP contribution in [-0.2, 0) is 14.8 Å². The van der Waals surface area contributed by atoms with Crippen LogP contribution >= 0.6 is 12.2 Å². The summed E-state index contributed by atoms with van der Waals surface area (Å²) in [6.45, 7) is 3.26. The molecule has 0 saturated carbocycles. The van der Waals surface area contributed by atoms with E-state index >= 15 is 0 Å². The minimum Gasteiger partial charge on any atom is -0.393 e. The summed E-state index contributed by atoms with van der Waals surface area (Å²) in [6, 6.07) is 5.87. The van der Waals surface area contributed by atoms with Gasteiger partial charge in [0.1, 0.15) is 0 Å². The van der Waals surface area contributed by atoms with Gasteiger partial charge in [0.25, 0.3) is 0 Å². The molecule has 1 amide bonds. The molecular weight excluding hydrogens is 298 g/mol. The van der Waals surface area contributed by atoms with Crippen molar-refractivity contribution < 1.29 is 13.2 Å². The predicted molar refractivity (Wildman–Crippen MR) is 81.9 cm³/mol. The lowest BCUT2D eigenvalue weighted by Gasteiger charge is -2.12. The van der Waals surface area contributed by atoms with E-state index in [1.807, 2.05) is 0 Å². The summed E-state index contributed by atoms with van der Waals surface area (Å²) >= 11 is 4.78. The van der Waals surface area contributed by atoms with Gasteiger partial charge in [0, 0.05) is 25.1 Å². The molecular formula is C12H17N3O3S2. The molecule has 0 radical (unpaired) electrons. The summed E-state index contributed by atoms with van der Waals surface area (Å²) in [5.41, 5.74) is 5.96. The molecule has 0 spiro atoms. The van der Waals surface area contributed by atoms with Gasteiger partial charge in [0.15, 0.2) is 0 Å². The molecule has 0 heterocycles. The van der Waals surface area contributed by atoms with Crippen molar-refractivity contribution in [3.05, 3.63) is 24.3 Å². The highest BCUT2D eigenvalue weighted by Gasteiger charge is 2.16. The number of benzene rings is 1. The van der Waals surface area contributed by atoms with Crippen LogP contribution in [0.3, 0.4) is 0 Å². The number of hydrogen-bond donors (Lipinski definition) is 3. The van der Waals surface area contributed by atoms with E-state index in [1.165, 1.54) is 31.2 Å². The first-order valence-electron chi connectivity index (χ1n) is 5.89. The minimum absolute atomic E-state index is 0.113. The molecule has 110 valence electrons. The van der Waals surface area contributed by atoms with Gasteiger partial charge in [-0.15, -0.1) is 0 Å². The summed E-state index contributed by atoms with van der Waals surface area (Å²) in [4.78, 5) is 11.2. The summed E-state index contributed by atoms with van der Waals surface area (Å²) in [7, 11) is -3.61. The molecule has 6 nitrogen and oxygen atoms in total. The van der Waals surface area contributed by atoms with E-state index in [2.05, 4.69) is 10.0 Å². The number of nitrogens with one attached hydrogen (secondary N) is 2. The third kappa shape index (κ3) is 4.87. The number of nitrogens with two attached hydrogens (primary N) is 1. The Morgan fingerprint density at radius 2 is 1.90 bits per heavy atom. The molecule has 0 fully saturated rings. The lowest BCUT2D eigenvalue weighted by molar-refractivity contribution is -0.114. The molecule has 1 aromatic rings. The molecule has 0 aliphatic carbocycles. The van der Waals surface area contributed by atoms with E-state index in [9.17, 15) is 13.2 Å². The van der Waals surface area contributed by atoms with E-state index in [0.717, 1.165) is 0 Å². The fourth-order valence-electron chi connectivity index (χ4n) is 1.34. The highest BCUT2D eigenvalue weighted by Crippen LogP contribution is 2.14. The van der Waals surface area contributed by atoms with Crippen molar-refractivity contribution in [2.45, 2.75) is 18.7 Å². The Morgan fingerprint density at radius 3 is 2.35 bits per heavy atom. The molecule has 0 saturated heterocycles. The number of rotatable bonds is 6. The molecule has 0 aromatic heterocycles. The zero-order valence-electron chi connectivity index (χ0n) is 11.2. The van der Waals surface area contributed by atoms with Crippen LogP contribution in [0.25, 0.3) is 0 Å². The molecule has 1 atom stereocenters. The van der Waals surface area contributed by atoms with Gasteiger partial charge in [-0.25, -0.2) is 13.1 Å². The highest BCUT2D eigenvalue weighted by atomic mass is 32.2. The van der Waals surface area contributed by atoms with Crippen LogP contribution in [0.15, 0.2) is 29.2 Å². The maximum Gasteiger partial charge on any atom is 0.240 e. The van der Waals surface area contributed by atoms with Gasteiger partial charge in [-0.1, -0.05) is 19.1 Å². The van der Waals surface area contributed by atoms with Gasteiger partial charge < -0.3 is 11.1 Å². The van der Waals surface area contributed by atoms with E-state index in [4.69, 9.17) is 18.0 Å². The van der Waals surface area contributed by atoms with Crippen LogP contribution in [0, 0.1) is 5.92 Å². The number of amides is 1. The lowest BCUT2D eigenvalue weighted by atomic mass is 10.2. The Labute approximate surface area is 123 Å². The van der Waals surface area contributed by atoms with E-state index in [0.29, 0.717) is 5.69 Å². The summed E-state index contributed by atoms with van der Waals surface area (Å²) in [5.74, 6) is -0.442. The zero-order valence-corrected chi connectivity index (χ0v) is 12.8. The van der Waals surface area contributed by atoms with E-state index in [-0.39, 0.29) is 28.3 Å². The second-order valence-electron chi connectivity index (χ2n) is 4.36. The number of carbonyl (C=O) groups excluding carboxylic acids is 1. The fourth-order valence-corrected chi connectivity index (χ4v) is 2.55. The van der Waals surface area contributed by atoms with Crippen molar-refractivity contribution in [3.8, 4) is 0 Å². The van der Waals surface area contributed by atoms with Crippen LogP contribution in [0.1, 0.15) is 13.8 Å². The molecule has 0 aliphatic heterocycles. The van der Waals surface area contributed by atoms with Crippen molar-refractivity contribution in [3.63, 3.8) is 0 Å². The van der Waals surface area contributed by atoms with Gasteiger partial charge in [-0.2, -0.15) is 0 Å². The van der Waals surface area contributed by atoms with Crippen molar-refractivity contribution in [2.24, 2.45) is 11.7 Å². The first-order chi connectivity index (χ1) is 9.22. The third-order valence-corrected chi connectivity index (χ3v) is 4.39. The molecule has 1 unspecified atom stereocenters. The first kappa shape index (κ1) is 16.5. The fraction of sp³-hybridized carbons (Fsp3) is 0.333. The number of anilines is 1. The molecule has 4 N–H and O–H groups in total. The summed E-state index contributed by atoms with van der Waals surface area (Å²) < 4.78 is 26.5. The summed E-state index contributed by atoms with van der Waals surface area (Å²) in [6.07, 6.45) is 0. The van der Waals surface area contributed by atoms with Crippen LogP contribution in [0.4, 0.5) is 5.69 Å². The molecule has 0 bridgehead atoms. The van der Waals surface area contributed by atoms with Crippen LogP contribution < -0.4 is 15.8 Å². The average Bonchev–Trinajstić information content (AvgIpc) is 2.35. The molecule has 0 aliphatic rings. The van der Waals surface area contributed by atoms with Gasteiger partial charge in [-0.05, 0) is 24.3 Å². The van der Waals surface area contributed by atoms with E-state index < -0.39 is 10.0 Å². The Balaban J connectivity index is 2.77. The monoisotopic (exact) mass is 315 g/mol. The SMILES string of the molecule is CC(=O)Nc1ccc(S(=O)(=O)NCC(C)C(N)=S)cc1. The Kier molecular flexibility index (Phi) is 5.61. The van der Waals surface area contributed by atoms with Crippen molar-refractivity contribution in [2.75, 3.05) is 11.9 Å². The first-order valence-corrected chi connectivity index (χ1v) is 7.78. The smallest absolute Gasteiger partial charge is 0.240 e. The normalized spacial score (nSPS) is 12.7. The average molecular weight is 315 g/mol. The molecule has 20 heavy (non-hydrogen) atoms. The van der Waals surface area contributed by atoms with Crippen molar-refractivity contribution in [1.29, 1.82) is 0 Å². The van der Waals surface area contributed by atoms with Crippen molar-refractivity contribution in [1.82, 2.24) is 4.72 Å². The number of hydrogen-bond acceptors (Lipinski definition) is 4. The predicted octanol–water partition coefficient (Wildman–Crippen LogP) is 0.845. The van der Waals surface area contributed by atoms with Crippen LogP contribution in [-0.4, -0.2) is 25.9 Å². The standard InChI is InChI=1S/C12H17N3O3S2/c1-8(12(13)19)7-14-20(17,18)11-5-3-10(4-6-11)15-9(2)16/h3-6,8,14H,7H2,1-2H3,(H2,13,19)(H,15,16). The molecule has 8 heteroatoms. The zero-order chi connectivity index (χ0) is 15.3. The minimum atomic E-state index is -3.61. The maximum atomic E-state index is 12.0. The number of carbonyl (C=O) groups is 1. The molecule has 1 aromatic carbocycles. The van der Waals surface area contributed by atoms with Crippen LogP contribution in [0.2, 0.25) is 0 Å². The van der Waals surface area contributed by atoms with Crippen LogP contribution in [0.5, 0.6) is 0 Å². The highest BCUT2D eigenvalue weighted by molar-refractivity contribution is 7.89. The lowest BCUT2D eigenvalue weighted by Crippen LogP contribution is -2.33. The second kappa shape index (κ2) is 6.78. The van der Waals surface area contributed by atoms with Gasteiger partial charge >= 0.3 is 0 Å². The number of sulfonamides is 1. The largest absolute Gasteiger partial charge is 0.393 e. The second-order valence-corrected chi connectivity index (χ2v) is 6.60. The van der Waals surface area contributed by atoms with Gasteiger partial charge in [0.05, 0.1) is 9.88 Å². The van der Waals surface area contributed by atoms with E-state index in [1.54, 1.807) is 6.92 Å². The maximum absolute atomic E-state index is 12.0. The Morgan fingerprint density at radius 1 is 1.35 bits per heavy atom. The van der Waals surface area contributed by atoms with Gasteiger partial charge in [-0.3, -0.25) is 4.79 Å². The third-order valence-electron chi connectivity index (χ3n) is 2.55. The summed E-state index contributed by atoms with van der Waals surface area (Å²) in [5, 5.41) is 2.56. The Bertz CT molecular complexity index is 597. The quantitative estimate of drug-likeness (QED) is 0.675.